The summed E-state index contributed by atoms with van der Waals surface area (Å²) in [5.74, 6) is 0.552. The molecule has 1 saturated heterocycles. The van der Waals surface area contributed by atoms with Crippen molar-refractivity contribution in [3.63, 3.8) is 0 Å². The summed E-state index contributed by atoms with van der Waals surface area (Å²) in [6, 6.07) is 8.23. The molecule has 1 aromatic heterocycles. The Hall–Kier alpha value is -1.72. The molecule has 4 nitrogen and oxygen atoms in total. The first-order valence-electron chi connectivity index (χ1n) is 8.45. The second-order valence-corrected chi connectivity index (χ2v) is 8.04. The maximum Gasteiger partial charge on any atom is 0.347 e. The van der Waals surface area contributed by atoms with Gasteiger partial charge in [-0.2, -0.15) is 0 Å². The molecule has 2 heterocycles. The van der Waals surface area contributed by atoms with Crippen molar-refractivity contribution in [2.24, 2.45) is 11.8 Å². The van der Waals surface area contributed by atoms with Crippen LogP contribution in [0.2, 0.25) is 0 Å². The number of carbonyl (C=O) groups is 1. The number of aryl methyl sites for hydroxylation is 1. The van der Waals surface area contributed by atoms with E-state index in [4.69, 9.17) is 0 Å². The molecule has 1 aliphatic heterocycles. The molecule has 24 heavy (non-hydrogen) atoms. The summed E-state index contributed by atoms with van der Waals surface area (Å²) in [7, 11) is 0. The third-order valence-corrected chi connectivity index (χ3v) is 5.76. The third-order valence-electron chi connectivity index (χ3n) is 4.58. The van der Waals surface area contributed by atoms with Crippen LogP contribution in [-0.2, 0) is 6.54 Å². The number of hydrogen-bond donors (Lipinski definition) is 1. The molecular weight excluding hydrogens is 320 g/mol. The van der Waals surface area contributed by atoms with Gasteiger partial charge in [-0.25, -0.2) is 9.78 Å². The lowest BCUT2D eigenvalue weighted by molar-refractivity contribution is 0.0701. The van der Waals surface area contributed by atoms with Gasteiger partial charge in [0, 0.05) is 25.2 Å². The topological polar surface area (TPSA) is 53.4 Å². The molecule has 5 heteroatoms. The third kappa shape index (κ3) is 3.68. The van der Waals surface area contributed by atoms with E-state index in [9.17, 15) is 9.90 Å². The molecule has 1 fully saturated rings. The second kappa shape index (κ2) is 7.03. The molecule has 1 aromatic carbocycles. The second-order valence-electron chi connectivity index (χ2n) is 7.04. The Bertz CT molecular complexity index is 731. The van der Waals surface area contributed by atoms with E-state index in [2.05, 4.69) is 35.9 Å². The number of rotatable bonds is 4. The molecule has 0 aliphatic carbocycles. The number of carboxylic acid groups (broad SMARTS) is 1. The van der Waals surface area contributed by atoms with Gasteiger partial charge in [-0.3, -0.25) is 4.90 Å². The first-order valence-corrected chi connectivity index (χ1v) is 9.27. The summed E-state index contributed by atoms with van der Waals surface area (Å²) in [6.07, 6.45) is 1.30. The number of piperidine rings is 1. The highest BCUT2D eigenvalue weighted by Gasteiger charge is 2.23. The lowest BCUT2D eigenvalue weighted by Gasteiger charge is -2.35. The number of nitrogens with zero attached hydrogens (tertiary/aromatic N) is 2. The fourth-order valence-electron chi connectivity index (χ4n) is 3.74. The molecule has 3 rings (SSSR count). The van der Waals surface area contributed by atoms with Crippen molar-refractivity contribution in [2.45, 2.75) is 33.7 Å². The SMILES string of the molecule is Cc1nc(-c2ccccc2CN2CC(C)CC(C)C2)sc1C(=O)O. The lowest BCUT2D eigenvalue weighted by atomic mass is 9.91. The Morgan fingerprint density at radius 3 is 2.58 bits per heavy atom. The molecule has 0 amide bonds. The Balaban J connectivity index is 1.88. The van der Waals surface area contributed by atoms with E-state index in [-0.39, 0.29) is 0 Å². The molecule has 2 atom stereocenters. The zero-order valence-corrected chi connectivity index (χ0v) is 15.3. The molecule has 1 N–H and O–H groups in total. The average Bonchev–Trinajstić information content (AvgIpc) is 2.89. The minimum absolute atomic E-state index is 0.333. The van der Waals surface area contributed by atoms with E-state index in [1.807, 2.05) is 12.1 Å². The molecule has 2 unspecified atom stereocenters. The van der Waals surface area contributed by atoms with E-state index in [0.717, 1.165) is 42.0 Å². The monoisotopic (exact) mass is 344 g/mol. The van der Waals surface area contributed by atoms with Gasteiger partial charge in [0.05, 0.1) is 5.69 Å². The van der Waals surface area contributed by atoms with Crippen molar-refractivity contribution in [3.8, 4) is 10.6 Å². The summed E-state index contributed by atoms with van der Waals surface area (Å²) in [6.45, 7) is 9.54. The Morgan fingerprint density at radius 2 is 1.96 bits per heavy atom. The smallest absolute Gasteiger partial charge is 0.347 e. The number of benzene rings is 1. The molecular formula is C19H24N2O2S. The van der Waals surface area contributed by atoms with Crippen LogP contribution in [0.4, 0.5) is 0 Å². The fraction of sp³-hybridized carbons (Fsp3) is 0.474. The maximum absolute atomic E-state index is 11.3. The van der Waals surface area contributed by atoms with Crippen molar-refractivity contribution in [3.05, 3.63) is 40.4 Å². The largest absolute Gasteiger partial charge is 0.477 e. The van der Waals surface area contributed by atoms with Gasteiger partial charge in [-0.05, 0) is 30.7 Å². The summed E-state index contributed by atoms with van der Waals surface area (Å²) in [5, 5.41) is 10.1. The first kappa shape index (κ1) is 17.1. The molecule has 128 valence electrons. The Labute approximate surface area is 147 Å². The zero-order valence-electron chi connectivity index (χ0n) is 14.5. The summed E-state index contributed by atoms with van der Waals surface area (Å²) >= 11 is 1.27. The van der Waals surface area contributed by atoms with E-state index in [1.54, 1.807) is 6.92 Å². The van der Waals surface area contributed by atoms with Crippen LogP contribution in [-0.4, -0.2) is 34.0 Å². The van der Waals surface area contributed by atoms with E-state index < -0.39 is 5.97 Å². The van der Waals surface area contributed by atoms with Gasteiger partial charge in [0.2, 0.25) is 0 Å². The normalized spacial score (nSPS) is 21.8. The minimum atomic E-state index is -0.896. The fourth-order valence-corrected chi connectivity index (χ4v) is 4.70. The van der Waals surface area contributed by atoms with Crippen LogP contribution in [0.15, 0.2) is 24.3 Å². The van der Waals surface area contributed by atoms with Crippen LogP contribution in [0.1, 0.15) is 41.2 Å². The van der Waals surface area contributed by atoms with Crippen LogP contribution in [0, 0.1) is 18.8 Å². The Kier molecular flexibility index (Phi) is 5.01. The highest BCUT2D eigenvalue weighted by molar-refractivity contribution is 7.17. The van der Waals surface area contributed by atoms with Gasteiger partial charge in [-0.15, -0.1) is 11.3 Å². The van der Waals surface area contributed by atoms with Crippen molar-refractivity contribution in [2.75, 3.05) is 13.1 Å². The molecule has 0 saturated carbocycles. The molecule has 0 spiro atoms. The van der Waals surface area contributed by atoms with Crippen molar-refractivity contribution in [1.29, 1.82) is 0 Å². The number of carboxylic acids is 1. The van der Waals surface area contributed by atoms with E-state index >= 15 is 0 Å². The number of aromatic carboxylic acids is 1. The maximum atomic E-state index is 11.3. The van der Waals surface area contributed by atoms with E-state index in [1.165, 1.54) is 23.3 Å². The van der Waals surface area contributed by atoms with Crippen LogP contribution in [0.25, 0.3) is 10.6 Å². The van der Waals surface area contributed by atoms with Gasteiger partial charge in [0.1, 0.15) is 9.88 Å². The number of likely N-dealkylation sites (tertiary alicyclic amines) is 1. The van der Waals surface area contributed by atoms with Gasteiger partial charge in [0.25, 0.3) is 0 Å². The average molecular weight is 344 g/mol. The van der Waals surface area contributed by atoms with Crippen molar-refractivity contribution < 1.29 is 9.90 Å². The number of aromatic nitrogens is 1. The molecule has 2 aromatic rings. The van der Waals surface area contributed by atoms with Crippen LogP contribution in [0.3, 0.4) is 0 Å². The van der Waals surface area contributed by atoms with Gasteiger partial charge in [-0.1, -0.05) is 38.1 Å². The standard InChI is InChI=1S/C19H24N2O2S/c1-12-8-13(2)10-21(9-12)11-15-6-4-5-7-16(15)18-20-14(3)17(24-18)19(22)23/h4-7,12-13H,8-11H2,1-3H3,(H,22,23). The van der Waals surface area contributed by atoms with Crippen LogP contribution in [0.5, 0.6) is 0 Å². The van der Waals surface area contributed by atoms with Gasteiger partial charge in [0.15, 0.2) is 0 Å². The molecule has 0 bridgehead atoms. The van der Waals surface area contributed by atoms with E-state index in [0.29, 0.717) is 10.6 Å². The highest BCUT2D eigenvalue weighted by Crippen LogP contribution is 2.32. The van der Waals surface area contributed by atoms with Gasteiger partial charge >= 0.3 is 5.97 Å². The zero-order chi connectivity index (χ0) is 17.3. The number of thiazole rings is 1. The lowest BCUT2D eigenvalue weighted by Crippen LogP contribution is -2.38. The van der Waals surface area contributed by atoms with Crippen molar-refractivity contribution in [1.82, 2.24) is 9.88 Å². The van der Waals surface area contributed by atoms with Crippen LogP contribution < -0.4 is 0 Å². The highest BCUT2D eigenvalue weighted by atomic mass is 32.1. The quantitative estimate of drug-likeness (QED) is 0.899. The summed E-state index contributed by atoms with van der Waals surface area (Å²) < 4.78 is 0. The van der Waals surface area contributed by atoms with Crippen LogP contribution >= 0.6 is 11.3 Å². The molecule has 1 aliphatic rings. The molecule has 0 radical (unpaired) electrons. The minimum Gasteiger partial charge on any atom is -0.477 e. The Morgan fingerprint density at radius 1 is 1.29 bits per heavy atom. The first-order chi connectivity index (χ1) is 11.4. The predicted molar refractivity (Wildman–Crippen MR) is 97.5 cm³/mol. The number of hydrogen-bond acceptors (Lipinski definition) is 4. The summed E-state index contributed by atoms with van der Waals surface area (Å²) in [5.41, 5.74) is 2.88. The predicted octanol–water partition coefficient (Wildman–Crippen LogP) is 4.29. The van der Waals surface area contributed by atoms with Gasteiger partial charge < -0.3 is 5.11 Å². The van der Waals surface area contributed by atoms with Crippen molar-refractivity contribution >= 4 is 17.3 Å². The summed E-state index contributed by atoms with van der Waals surface area (Å²) in [4.78, 5) is 18.7.